The van der Waals surface area contributed by atoms with Gasteiger partial charge in [0, 0.05) is 10.0 Å². The van der Waals surface area contributed by atoms with Gasteiger partial charge in [0.15, 0.2) is 17.6 Å². The number of aliphatic hydroxyl groups excluding tert-OH is 1. The normalized spacial score (nSPS) is 16.6. The van der Waals surface area contributed by atoms with E-state index in [4.69, 9.17) is 9.47 Å². The maximum Gasteiger partial charge on any atom is 0.339 e. The minimum atomic E-state index is -1.40. The van der Waals surface area contributed by atoms with Gasteiger partial charge in [0.1, 0.15) is 0 Å². The molecule has 116 valence electrons. The van der Waals surface area contributed by atoms with E-state index >= 15 is 0 Å². The molecule has 0 aliphatic heterocycles. The van der Waals surface area contributed by atoms with Crippen LogP contribution in [0.3, 0.4) is 0 Å². The molecule has 1 N–H and O–H groups in total. The number of ether oxygens (including phenoxy) is 3. The molecule has 0 saturated heterocycles. The molecule has 1 unspecified atom stereocenters. The van der Waals surface area contributed by atoms with E-state index in [9.17, 15) is 9.90 Å². The molecule has 1 fully saturated rings. The van der Waals surface area contributed by atoms with Gasteiger partial charge in [-0.15, -0.1) is 0 Å². The summed E-state index contributed by atoms with van der Waals surface area (Å²) in [6.07, 6.45) is 2.86. The van der Waals surface area contributed by atoms with Crippen molar-refractivity contribution in [2.45, 2.75) is 37.9 Å². The van der Waals surface area contributed by atoms with Crippen molar-refractivity contribution in [3.8, 4) is 11.5 Å². The maximum absolute atomic E-state index is 11.6. The molecular formula is C15H19BrO5. The van der Waals surface area contributed by atoms with Crippen LogP contribution in [0.2, 0.25) is 0 Å². The van der Waals surface area contributed by atoms with Gasteiger partial charge in [0.05, 0.1) is 20.3 Å². The lowest BCUT2D eigenvalue weighted by Gasteiger charge is -2.21. The summed E-state index contributed by atoms with van der Waals surface area (Å²) in [5, 5.41) is 10.2. The third-order valence-corrected chi connectivity index (χ3v) is 4.03. The highest BCUT2D eigenvalue weighted by molar-refractivity contribution is 9.10. The highest BCUT2D eigenvalue weighted by Gasteiger charge is 2.28. The Morgan fingerprint density at radius 1 is 1.33 bits per heavy atom. The molecule has 1 aromatic rings. The van der Waals surface area contributed by atoms with Crippen LogP contribution in [-0.4, -0.2) is 31.4 Å². The molecule has 1 aliphatic carbocycles. The molecule has 1 aromatic carbocycles. The number of aliphatic hydroxyl groups is 1. The van der Waals surface area contributed by atoms with Crippen molar-refractivity contribution in [3.05, 3.63) is 22.2 Å². The van der Waals surface area contributed by atoms with Crippen molar-refractivity contribution in [1.82, 2.24) is 0 Å². The standard InChI is InChI=1S/C15H19BrO5/c1-19-12-8-9(16)7-11(13(17)15(18)20-2)14(12)21-10-5-3-4-6-10/h7-8,10,13,17H,3-6H2,1-2H3. The van der Waals surface area contributed by atoms with Gasteiger partial charge < -0.3 is 19.3 Å². The van der Waals surface area contributed by atoms with Crippen molar-refractivity contribution in [2.75, 3.05) is 14.2 Å². The average molecular weight is 359 g/mol. The van der Waals surface area contributed by atoms with Gasteiger partial charge in [0.25, 0.3) is 0 Å². The summed E-state index contributed by atoms with van der Waals surface area (Å²) in [6, 6.07) is 3.40. The fraction of sp³-hybridized carbons (Fsp3) is 0.533. The molecule has 1 aliphatic rings. The second-order valence-corrected chi connectivity index (χ2v) is 5.89. The van der Waals surface area contributed by atoms with E-state index in [2.05, 4.69) is 20.7 Å². The van der Waals surface area contributed by atoms with Crippen molar-refractivity contribution in [3.63, 3.8) is 0 Å². The first-order valence-corrected chi connectivity index (χ1v) is 7.66. The summed E-state index contributed by atoms with van der Waals surface area (Å²) in [7, 11) is 2.76. The molecule has 0 bridgehead atoms. The van der Waals surface area contributed by atoms with Crippen molar-refractivity contribution in [1.29, 1.82) is 0 Å². The van der Waals surface area contributed by atoms with Crippen molar-refractivity contribution in [2.24, 2.45) is 0 Å². The molecule has 1 atom stereocenters. The van der Waals surface area contributed by atoms with Crippen LogP contribution in [0.1, 0.15) is 37.4 Å². The van der Waals surface area contributed by atoms with Crippen LogP contribution in [0.4, 0.5) is 0 Å². The number of carbonyl (C=O) groups is 1. The average Bonchev–Trinajstić information content (AvgIpc) is 2.99. The maximum atomic E-state index is 11.6. The molecular weight excluding hydrogens is 340 g/mol. The number of halogens is 1. The highest BCUT2D eigenvalue weighted by atomic mass is 79.9. The number of hydrogen-bond donors (Lipinski definition) is 1. The summed E-state index contributed by atoms with van der Waals surface area (Å²) < 4.78 is 16.6. The van der Waals surface area contributed by atoms with Crippen LogP contribution in [-0.2, 0) is 9.53 Å². The van der Waals surface area contributed by atoms with Crippen molar-refractivity contribution < 1.29 is 24.1 Å². The van der Waals surface area contributed by atoms with E-state index < -0.39 is 12.1 Å². The lowest BCUT2D eigenvalue weighted by atomic mass is 10.1. The fourth-order valence-corrected chi connectivity index (χ4v) is 2.94. The van der Waals surface area contributed by atoms with E-state index in [1.54, 1.807) is 12.1 Å². The fourth-order valence-electron chi connectivity index (χ4n) is 2.48. The minimum absolute atomic E-state index is 0.0867. The van der Waals surface area contributed by atoms with Crippen LogP contribution >= 0.6 is 15.9 Å². The van der Waals surface area contributed by atoms with Crippen LogP contribution < -0.4 is 9.47 Å². The molecule has 6 heteroatoms. The van der Waals surface area contributed by atoms with Gasteiger partial charge in [-0.3, -0.25) is 0 Å². The number of benzene rings is 1. The second-order valence-electron chi connectivity index (χ2n) is 4.98. The van der Waals surface area contributed by atoms with Crippen LogP contribution in [0.15, 0.2) is 16.6 Å². The quantitative estimate of drug-likeness (QED) is 0.819. The van der Waals surface area contributed by atoms with E-state index in [1.807, 2.05) is 0 Å². The zero-order valence-corrected chi connectivity index (χ0v) is 13.7. The summed E-state index contributed by atoms with van der Waals surface area (Å²) >= 11 is 3.34. The first-order valence-electron chi connectivity index (χ1n) is 6.86. The molecule has 0 radical (unpaired) electrons. The monoisotopic (exact) mass is 358 g/mol. The zero-order valence-electron chi connectivity index (χ0n) is 12.1. The first kappa shape index (κ1) is 16.1. The van der Waals surface area contributed by atoms with Gasteiger partial charge in [-0.2, -0.15) is 0 Å². The Hall–Kier alpha value is -1.27. The number of methoxy groups -OCH3 is 2. The van der Waals surface area contributed by atoms with Gasteiger partial charge in [-0.1, -0.05) is 15.9 Å². The van der Waals surface area contributed by atoms with E-state index in [0.717, 1.165) is 25.7 Å². The van der Waals surface area contributed by atoms with Crippen molar-refractivity contribution >= 4 is 21.9 Å². The Morgan fingerprint density at radius 3 is 2.57 bits per heavy atom. The van der Waals surface area contributed by atoms with Gasteiger partial charge in [0.2, 0.25) is 0 Å². The smallest absolute Gasteiger partial charge is 0.339 e. The van der Waals surface area contributed by atoms with Gasteiger partial charge in [-0.25, -0.2) is 4.79 Å². The molecule has 5 nitrogen and oxygen atoms in total. The third kappa shape index (κ3) is 3.68. The highest BCUT2D eigenvalue weighted by Crippen LogP contribution is 2.40. The predicted molar refractivity (Wildman–Crippen MR) is 80.6 cm³/mol. The zero-order chi connectivity index (χ0) is 15.4. The topological polar surface area (TPSA) is 65.0 Å². The Kier molecular flexibility index (Phi) is 5.47. The number of esters is 1. The lowest BCUT2D eigenvalue weighted by molar-refractivity contribution is -0.150. The molecule has 2 rings (SSSR count). The summed E-state index contributed by atoms with van der Waals surface area (Å²) in [5.41, 5.74) is 0.347. The number of hydrogen-bond acceptors (Lipinski definition) is 5. The second kappa shape index (κ2) is 7.13. The summed E-state index contributed by atoms with van der Waals surface area (Å²) in [6.45, 7) is 0. The van der Waals surface area contributed by atoms with Crippen LogP contribution in [0.25, 0.3) is 0 Å². The number of carbonyl (C=O) groups excluding carboxylic acids is 1. The minimum Gasteiger partial charge on any atom is -0.493 e. The largest absolute Gasteiger partial charge is 0.493 e. The molecule has 0 spiro atoms. The Bertz CT molecular complexity index is 511. The SMILES string of the molecule is COC(=O)C(O)c1cc(Br)cc(OC)c1OC1CCCC1. The molecule has 21 heavy (non-hydrogen) atoms. The van der Waals surface area contributed by atoms with Gasteiger partial charge >= 0.3 is 5.97 Å². The molecule has 0 amide bonds. The number of rotatable bonds is 5. The molecule has 0 heterocycles. The third-order valence-electron chi connectivity index (χ3n) is 3.57. The van der Waals surface area contributed by atoms with Gasteiger partial charge in [-0.05, 0) is 37.8 Å². The lowest BCUT2D eigenvalue weighted by Crippen LogP contribution is -2.18. The Morgan fingerprint density at radius 2 is 2.00 bits per heavy atom. The van der Waals surface area contributed by atoms with Crippen LogP contribution in [0.5, 0.6) is 11.5 Å². The summed E-state index contributed by atoms with van der Waals surface area (Å²) in [5.74, 6) is 0.158. The summed E-state index contributed by atoms with van der Waals surface area (Å²) in [4.78, 5) is 11.6. The Balaban J connectivity index is 2.39. The Labute approximate surface area is 132 Å². The van der Waals surface area contributed by atoms with E-state index in [-0.39, 0.29) is 6.10 Å². The molecule has 0 aromatic heterocycles. The predicted octanol–water partition coefficient (Wildman–Crippen LogP) is 2.99. The first-order chi connectivity index (χ1) is 10.1. The van der Waals surface area contributed by atoms with E-state index in [0.29, 0.717) is 21.5 Å². The van der Waals surface area contributed by atoms with Crippen LogP contribution in [0, 0.1) is 0 Å². The molecule has 1 saturated carbocycles. The van der Waals surface area contributed by atoms with E-state index in [1.165, 1.54) is 14.2 Å².